The number of ether oxygens (including phenoxy) is 1. The first-order valence-electron chi connectivity index (χ1n) is 6.30. The van der Waals surface area contributed by atoms with Gasteiger partial charge in [-0.25, -0.2) is 26.4 Å². The molecule has 0 N–H and O–H groups in total. The van der Waals surface area contributed by atoms with Crippen molar-refractivity contribution in [1.29, 1.82) is 0 Å². The van der Waals surface area contributed by atoms with Gasteiger partial charge in [0.05, 0.1) is 18.4 Å². The molecule has 4 nitrogen and oxygen atoms in total. The predicted molar refractivity (Wildman–Crippen MR) is 75.0 cm³/mol. The number of rotatable bonds is 4. The molecule has 0 aromatic heterocycles. The Morgan fingerprint density at radius 1 is 1.04 bits per heavy atom. The van der Waals surface area contributed by atoms with Crippen LogP contribution in [-0.2, 0) is 20.3 Å². The highest BCUT2D eigenvalue weighted by Crippen LogP contribution is 2.23. The minimum atomic E-state index is -4.36. The van der Waals surface area contributed by atoms with Gasteiger partial charge in [0, 0.05) is 0 Å². The minimum Gasteiger partial charge on any atom is -0.465 e. The van der Waals surface area contributed by atoms with E-state index in [0.717, 1.165) is 43.5 Å². The first kappa shape index (κ1) is 17.0. The Morgan fingerprint density at radius 3 is 2.22 bits per heavy atom. The lowest BCUT2D eigenvalue weighted by molar-refractivity contribution is 0.0595. The highest BCUT2D eigenvalue weighted by molar-refractivity contribution is 7.90. The van der Waals surface area contributed by atoms with Crippen molar-refractivity contribution in [2.45, 2.75) is 10.6 Å². The van der Waals surface area contributed by atoms with Crippen molar-refractivity contribution in [2.75, 3.05) is 7.11 Å². The topological polar surface area (TPSA) is 60.4 Å². The van der Waals surface area contributed by atoms with E-state index in [9.17, 15) is 26.4 Å². The molecule has 0 saturated carbocycles. The van der Waals surface area contributed by atoms with Gasteiger partial charge in [0.25, 0.3) is 0 Å². The second-order valence-corrected chi connectivity index (χ2v) is 6.54. The summed E-state index contributed by atoms with van der Waals surface area (Å²) in [5.41, 5.74) is -0.469. The van der Waals surface area contributed by atoms with Crippen LogP contribution in [0.5, 0.6) is 0 Å². The summed E-state index contributed by atoms with van der Waals surface area (Å²) in [7, 11) is -3.32. The third-order valence-corrected chi connectivity index (χ3v) is 4.75. The maximum absolute atomic E-state index is 13.6. The van der Waals surface area contributed by atoms with Crippen LogP contribution in [0.4, 0.5) is 13.2 Å². The summed E-state index contributed by atoms with van der Waals surface area (Å²) in [5.74, 6) is -5.12. The summed E-state index contributed by atoms with van der Waals surface area (Å²) < 4.78 is 69.5. The molecule has 8 heteroatoms. The summed E-state index contributed by atoms with van der Waals surface area (Å²) >= 11 is 0. The van der Waals surface area contributed by atoms with Gasteiger partial charge in [-0.15, -0.1) is 0 Å². The molecule has 2 rings (SSSR count). The van der Waals surface area contributed by atoms with Crippen molar-refractivity contribution in [3.63, 3.8) is 0 Å². The van der Waals surface area contributed by atoms with Gasteiger partial charge in [-0.05, 0) is 29.8 Å². The van der Waals surface area contributed by atoms with Crippen molar-refractivity contribution >= 4 is 15.8 Å². The number of carbonyl (C=O) groups is 1. The van der Waals surface area contributed by atoms with Crippen molar-refractivity contribution in [2.24, 2.45) is 0 Å². The van der Waals surface area contributed by atoms with Crippen LogP contribution in [0.15, 0.2) is 41.3 Å². The van der Waals surface area contributed by atoms with E-state index in [1.807, 2.05) is 0 Å². The lowest BCUT2D eigenvalue weighted by Crippen LogP contribution is -2.11. The van der Waals surface area contributed by atoms with E-state index in [-0.39, 0.29) is 5.56 Å². The molecule has 0 amide bonds. The molecule has 0 fully saturated rings. The van der Waals surface area contributed by atoms with E-state index < -0.39 is 49.5 Å². The average Bonchev–Trinajstić information content (AvgIpc) is 2.47. The standard InChI is InChI=1S/C15H11F3O4S/c1-22-15(19)10-7-9(5-6-11(10)16)8-23(20,21)14-12(17)3-2-4-13(14)18/h2-7H,8H2,1H3. The van der Waals surface area contributed by atoms with E-state index in [1.165, 1.54) is 0 Å². The Hall–Kier alpha value is -2.35. The number of sulfone groups is 1. The third kappa shape index (κ3) is 3.53. The monoisotopic (exact) mass is 344 g/mol. The predicted octanol–water partition coefficient (Wildman–Crippen LogP) is 2.86. The number of benzene rings is 2. The largest absolute Gasteiger partial charge is 0.465 e. The zero-order valence-corrected chi connectivity index (χ0v) is 12.7. The quantitative estimate of drug-likeness (QED) is 0.800. The Bertz CT molecular complexity index is 843. The number of carbonyl (C=O) groups excluding carboxylic acids is 1. The molecule has 0 radical (unpaired) electrons. The average molecular weight is 344 g/mol. The molecule has 0 atom stereocenters. The Kier molecular flexibility index (Phi) is 4.74. The van der Waals surface area contributed by atoms with E-state index in [2.05, 4.69) is 4.74 Å². The summed E-state index contributed by atoms with van der Waals surface area (Å²) in [4.78, 5) is 10.3. The van der Waals surface area contributed by atoms with Crippen LogP contribution in [-0.4, -0.2) is 21.5 Å². The minimum absolute atomic E-state index is 0.00514. The molecule has 2 aromatic carbocycles. The molecule has 0 unspecified atom stereocenters. The van der Waals surface area contributed by atoms with Crippen molar-refractivity contribution in [1.82, 2.24) is 0 Å². The fourth-order valence-electron chi connectivity index (χ4n) is 2.00. The van der Waals surface area contributed by atoms with E-state index >= 15 is 0 Å². The van der Waals surface area contributed by atoms with Gasteiger partial charge in [-0.1, -0.05) is 12.1 Å². The van der Waals surface area contributed by atoms with Crippen LogP contribution < -0.4 is 0 Å². The maximum Gasteiger partial charge on any atom is 0.340 e. The smallest absolute Gasteiger partial charge is 0.340 e. The highest BCUT2D eigenvalue weighted by atomic mass is 32.2. The summed E-state index contributed by atoms with van der Waals surface area (Å²) in [6.45, 7) is 0. The molecule has 0 aliphatic rings. The molecule has 0 heterocycles. The maximum atomic E-state index is 13.6. The highest BCUT2D eigenvalue weighted by Gasteiger charge is 2.25. The van der Waals surface area contributed by atoms with E-state index in [0.29, 0.717) is 0 Å². The van der Waals surface area contributed by atoms with E-state index in [1.54, 1.807) is 0 Å². The molecule has 23 heavy (non-hydrogen) atoms. The van der Waals surface area contributed by atoms with Gasteiger partial charge >= 0.3 is 5.97 Å². The van der Waals surface area contributed by atoms with Crippen molar-refractivity contribution in [3.05, 3.63) is 65.0 Å². The SMILES string of the molecule is COC(=O)c1cc(CS(=O)(=O)c2c(F)cccc2F)ccc1F. The second kappa shape index (κ2) is 6.41. The van der Waals surface area contributed by atoms with Crippen LogP contribution >= 0.6 is 0 Å². The number of hydrogen-bond acceptors (Lipinski definition) is 4. The van der Waals surface area contributed by atoms with Crippen LogP contribution in [0.3, 0.4) is 0 Å². The first-order chi connectivity index (χ1) is 10.8. The summed E-state index contributed by atoms with van der Waals surface area (Å²) in [6.07, 6.45) is 0. The van der Waals surface area contributed by atoms with Gasteiger partial charge in [0.15, 0.2) is 9.84 Å². The molecule has 0 spiro atoms. The molecule has 0 aliphatic heterocycles. The van der Waals surface area contributed by atoms with Crippen molar-refractivity contribution < 1.29 is 31.1 Å². The third-order valence-electron chi connectivity index (χ3n) is 3.02. The molecular formula is C15H11F3O4S. The first-order valence-corrected chi connectivity index (χ1v) is 7.95. The lowest BCUT2D eigenvalue weighted by Gasteiger charge is -2.08. The van der Waals surface area contributed by atoms with Crippen LogP contribution in [0.1, 0.15) is 15.9 Å². The van der Waals surface area contributed by atoms with Gasteiger partial charge in [-0.2, -0.15) is 0 Å². The van der Waals surface area contributed by atoms with Gasteiger partial charge in [0.1, 0.15) is 22.3 Å². The Labute approximate surface area is 130 Å². The van der Waals surface area contributed by atoms with Gasteiger partial charge in [0.2, 0.25) is 0 Å². The molecule has 122 valence electrons. The molecule has 2 aromatic rings. The van der Waals surface area contributed by atoms with Gasteiger partial charge < -0.3 is 4.74 Å². The number of hydrogen-bond donors (Lipinski definition) is 0. The zero-order chi connectivity index (χ0) is 17.2. The normalized spacial score (nSPS) is 11.3. The van der Waals surface area contributed by atoms with Gasteiger partial charge in [-0.3, -0.25) is 0 Å². The molecule has 0 bridgehead atoms. The summed E-state index contributed by atoms with van der Waals surface area (Å²) in [6, 6.07) is 5.64. The van der Waals surface area contributed by atoms with Crippen molar-refractivity contribution in [3.8, 4) is 0 Å². The molecular weight excluding hydrogens is 333 g/mol. The molecule has 0 saturated heterocycles. The van der Waals surface area contributed by atoms with Crippen LogP contribution in [0.25, 0.3) is 0 Å². The summed E-state index contributed by atoms with van der Waals surface area (Å²) in [5, 5.41) is 0. The fourth-order valence-corrected chi connectivity index (χ4v) is 3.49. The van der Waals surface area contributed by atoms with Crippen LogP contribution in [0, 0.1) is 17.5 Å². The number of esters is 1. The Balaban J connectivity index is 2.44. The zero-order valence-electron chi connectivity index (χ0n) is 11.8. The lowest BCUT2D eigenvalue weighted by atomic mass is 10.1. The fraction of sp³-hybridized carbons (Fsp3) is 0.133. The van der Waals surface area contributed by atoms with Crippen LogP contribution in [0.2, 0.25) is 0 Å². The second-order valence-electron chi connectivity index (χ2n) is 4.62. The number of methoxy groups -OCH3 is 1. The number of halogens is 3. The Morgan fingerprint density at radius 2 is 1.65 bits per heavy atom. The van der Waals surface area contributed by atoms with E-state index in [4.69, 9.17) is 0 Å². The molecule has 0 aliphatic carbocycles.